The number of rotatable bonds is 5. The summed E-state index contributed by atoms with van der Waals surface area (Å²) in [5, 5.41) is 12.6. The quantitative estimate of drug-likeness (QED) is 0.488. The summed E-state index contributed by atoms with van der Waals surface area (Å²) in [6, 6.07) is 24.1. The standard InChI is InChI=1S/C24H22N2O3.W/c27-23(18-9-5-2-6-10-18)25-21-12-11-19-14-22(24(28)29)26(16-20(19)13-21)15-17-7-3-1-4-8-17;/h1-13,22H,14-16H2,(H,25,27)(H,28,29);. The van der Waals surface area contributed by atoms with E-state index in [1.54, 1.807) is 12.1 Å². The molecule has 1 aliphatic heterocycles. The van der Waals surface area contributed by atoms with Gasteiger partial charge in [0.2, 0.25) is 0 Å². The molecule has 4 rings (SSSR count). The number of hydrogen-bond acceptors (Lipinski definition) is 3. The average molecular weight is 570 g/mol. The molecule has 0 aromatic heterocycles. The van der Waals surface area contributed by atoms with Gasteiger partial charge in [-0.3, -0.25) is 14.5 Å². The summed E-state index contributed by atoms with van der Waals surface area (Å²) >= 11 is 0. The van der Waals surface area contributed by atoms with Crippen LogP contribution in [0.15, 0.2) is 78.9 Å². The molecule has 30 heavy (non-hydrogen) atoms. The Morgan fingerprint density at radius 1 is 0.933 bits per heavy atom. The number of benzene rings is 3. The van der Waals surface area contributed by atoms with Crippen molar-refractivity contribution in [2.75, 3.05) is 5.32 Å². The van der Waals surface area contributed by atoms with E-state index in [-0.39, 0.29) is 27.0 Å². The molecule has 0 saturated heterocycles. The fourth-order valence-corrected chi connectivity index (χ4v) is 3.74. The van der Waals surface area contributed by atoms with Crippen LogP contribution in [0.4, 0.5) is 5.69 Å². The molecule has 1 unspecified atom stereocenters. The third-order valence-electron chi connectivity index (χ3n) is 5.24. The fourth-order valence-electron chi connectivity index (χ4n) is 3.74. The minimum atomic E-state index is -0.812. The van der Waals surface area contributed by atoms with Gasteiger partial charge in [-0.2, -0.15) is 0 Å². The molecule has 1 heterocycles. The first-order valence-corrected chi connectivity index (χ1v) is 9.59. The number of amides is 1. The molecular formula is C24H22N2O3W. The Morgan fingerprint density at radius 3 is 2.27 bits per heavy atom. The van der Waals surface area contributed by atoms with Crippen molar-refractivity contribution in [2.45, 2.75) is 25.6 Å². The van der Waals surface area contributed by atoms with E-state index in [0.29, 0.717) is 30.8 Å². The van der Waals surface area contributed by atoms with E-state index in [1.165, 1.54) is 0 Å². The van der Waals surface area contributed by atoms with Gasteiger partial charge in [0.1, 0.15) is 6.04 Å². The molecular weight excluding hydrogens is 548 g/mol. The zero-order chi connectivity index (χ0) is 20.2. The van der Waals surface area contributed by atoms with Gasteiger partial charge in [-0.05, 0) is 47.4 Å². The molecule has 152 valence electrons. The summed E-state index contributed by atoms with van der Waals surface area (Å²) in [7, 11) is 0. The van der Waals surface area contributed by atoms with Crippen molar-refractivity contribution in [2.24, 2.45) is 0 Å². The first-order valence-electron chi connectivity index (χ1n) is 9.59. The first-order chi connectivity index (χ1) is 14.1. The molecule has 1 atom stereocenters. The van der Waals surface area contributed by atoms with Crippen LogP contribution in [0.1, 0.15) is 27.0 Å². The van der Waals surface area contributed by atoms with E-state index >= 15 is 0 Å². The normalized spacial score (nSPS) is 15.5. The molecule has 0 aliphatic carbocycles. The van der Waals surface area contributed by atoms with Crippen LogP contribution in [0.5, 0.6) is 0 Å². The van der Waals surface area contributed by atoms with Gasteiger partial charge >= 0.3 is 5.97 Å². The fraction of sp³-hybridized carbons (Fsp3) is 0.167. The number of carbonyl (C=O) groups is 2. The van der Waals surface area contributed by atoms with Gasteiger partial charge in [0.15, 0.2) is 0 Å². The summed E-state index contributed by atoms with van der Waals surface area (Å²) in [5.74, 6) is -0.973. The van der Waals surface area contributed by atoms with Crippen LogP contribution < -0.4 is 5.32 Å². The van der Waals surface area contributed by atoms with Crippen LogP contribution in [-0.2, 0) is 45.4 Å². The predicted molar refractivity (Wildman–Crippen MR) is 112 cm³/mol. The summed E-state index contributed by atoms with van der Waals surface area (Å²) in [6.45, 7) is 1.09. The van der Waals surface area contributed by atoms with Gasteiger partial charge in [0.25, 0.3) is 5.91 Å². The number of aliphatic carboxylic acids is 1. The van der Waals surface area contributed by atoms with Crippen molar-refractivity contribution < 1.29 is 35.8 Å². The number of fused-ring (bicyclic) bond motifs is 1. The van der Waals surface area contributed by atoms with Crippen molar-refractivity contribution in [1.82, 2.24) is 4.90 Å². The van der Waals surface area contributed by atoms with E-state index in [1.807, 2.05) is 71.6 Å². The number of anilines is 1. The van der Waals surface area contributed by atoms with Crippen LogP contribution in [-0.4, -0.2) is 27.9 Å². The van der Waals surface area contributed by atoms with E-state index in [2.05, 4.69) is 5.32 Å². The van der Waals surface area contributed by atoms with Crippen LogP contribution >= 0.6 is 0 Å². The number of nitrogens with one attached hydrogen (secondary N) is 1. The van der Waals surface area contributed by atoms with Gasteiger partial charge in [0, 0.05) is 45.4 Å². The molecule has 0 spiro atoms. The van der Waals surface area contributed by atoms with Crippen molar-refractivity contribution in [3.05, 3.63) is 101 Å². The smallest absolute Gasteiger partial charge is 0.321 e. The summed E-state index contributed by atoms with van der Waals surface area (Å²) in [6.07, 6.45) is 0.449. The summed E-state index contributed by atoms with van der Waals surface area (Å²) < 4.78 is 0. The number of nitrogens with zero attached hydrogens (tertiary/aromatic N) is 1. The molecule has 3 aromatic rings. The minimum absolute atomic E-state index is 0. The molecule has 3 aromatic carbocycles. The van der Waals surface area contributed by atoms with Gasteiger partial charge in [-0.1, -0.05) is 54.6 Å². The van der Waals surface area contributed by atoms with Crippen LogP contribution in [0.25, 0.3) is 0 Å². The van der Waals surface area contributed by atoms with Crippen molar-refractivity contribution in [1.29, 1.82) is 0 Å². The maximum absolute atomic E-state index is 12.4. The van der Waals surface area contributed by atoms with Crippen molar-refractivity contribution in [3.8, 4) is 0 Å². The number of carboxylic acid groups (broad SMARTS) is 1. The van der Waals surface area contributed by atoms with Crippen LogP contribution in [0.2, 0.25) is 0 Å². The Kier molecular flexibility index (Phi) is 7.19. The topological polar surface area (TPSA) is 69.6 Å². The Hall–Kier alpha value is -2.75. The zero-order valence-corrected chi connectivity index (χ0v) is 19.3. The molecule has 1 amide bonds. The first kappa shape index (κ1) is 21.9. The van der Waals surface area contributed by atoms with Crippen molar-refractivity contribution in [3.63, 3.8) is 0 Å². The second-order valence-electron chi connectivity index (χ2n) is 7.25. The minimum Gasteiger partial charge on any atom is -0.480 e. The Labute approximate surface area is 190 Å². The van der Waals surface area contributed by atoms with Crippen LogP contribution in [0, 0.1) is 0 Å². The Balaban J connectivity index is 0.00000256. The Morgan fingerprint density at radius 2 is 1.60 bits per heavy atom. The van der Waals surface area contributed by atoms with E-state index in [4.69, 9.17) is 0 Å². The van der Waals surface area contributed by atoms with E-state index in [0.717, 1.165) is 16.7 Å². The maximum atomic E-state index is 12.4. The SMILES string of the molecule is O=C(Nc1ccc2c(c1)CN(Cc1ccccc1)C(C(=O)O)C2)c1ccccc1.[W]. The van der Waals surface area contributed by atoms with Gasteiger partial charge < -0.3 is 10.4 Å². The second kappa shape index (κ2) is 9.83. The van der Waals surface area contributed by atoms with E-state index in [9.17, 15) is 14.7 Å². The molecule has 0 bridgehead atoms. The maximum Gasteiger partial charge on any atom is 0.321 e. The van der Waals surface area contributed by atoms with Gasteiger partial charge in [-0.25, -0.2) is 0 Å². The number of carbonyl (C=O) groups excluding carboxylic acids is 1. The molecule has 2 N–H and O–H groups in total. The molecule has 0 saturated carbocycles. The summed E-state index contributed by atoms with van der Waals surface area (Å²) in [4.78, 5) is 26.2. The number of hydrogen-bond donors (Lipinski definition) is 2. The predicted octanol–water partition coefficient (Wildman–Crippen LogP) is 3.95. The zero-order valence-electron chi connectivity index (χ0n) is 16.3. The van der Waals surface area contributed by atoms with Gasteiger partial charge in [0.05, 0.1) is 0 Å². The summed E-state index contributed by atoms with van der Waals surface area (Å²) in [5.41, 5.74) is 4.45. The van der Waals surface area contributed by atoms with Crippen LogP contribution in [0.3, 0.4) is 0 Å². The molecule has 5 nitrogen and oxygen atoms in total. The molecule has 1 aliphatic rings. The second-order valence-corrected chi connectivity index (χ2v) is 7.25. The molecule has 0 fully saturated rings. The Bertz CT molecular complexity index is 1030. The largest absolute Gasteiger partial charge is 0.480 e. The third kappa shape index (κ3) is 5.04. The van der Waals surface area contributed by atoms with E-state index < -0.39 is 12.0 Å². The molecule has 0 radical (unpaired) electrons. The monoisotopic (exact) mass is 570 g/mol. The third-order valence-corrected chi connectivity index (χ3v) is 5.24. The van der Waals surface area contributed by atoms with Crippen molar-refractivity contribution >= 4 is 17.6 Å². The average Bonchev–Trinajstić information content (AvgIpc) is 2.74. The molecule has 6 heteroatoms. The number of carboxylic acids is 1. The van der Waals surface area contributed by atoms with Gasteiger partial charge in [-0.15, -0.1) is 0 Å².